The molecule has 0 aliphatic carbocycles. The summed E-state index contributed by atoms with van der Waals surface area (Å²) in [6.07, 6.45) is 5.19. The molecule has 3 heterocycles. The first kappa shape index (κ1) is 16.2. The van der Waals surface area contributed by atoms with Crippen molar-refractivity contribution in [3.63, 3.8) is 0 Å². The zero-order valence-electron chi connectivity index (χ0n) is 13.6. The van der Waals surface area contributed by atoms with Crippen molar-refractivity contribution in [2.24, 2.45) is 0 Å². The van der Waals surface area contributed by atoms with Crippen molar-refractivity contribution in [3.8, 4) is 0 Å². The zero-order valence-corrected chi connectivity index (χ0v) is 14.4. The van der Waals surface area contributed by atoms with E-state index in [0.29, 0.717) is 11.4 Å². The summed E-state index contributed by atoms with van der Waals surface area (Å²) in [5.41, 5.74) is 0.782. The minimum Gasteiger partial charge on any atom is -0.593 e. The van der Waals surface area contributed by atoms with Crippen LogP contribution in [0.15, 0.2) is 59.8 Å². The molecule has 1 aliphatic heterocycles. The van der Waals surface area contributed by atoms with E-state index in [-0.39, 0.29) is 6.04 Å². The van der Waals surface area contributed by atoms with Gasteiger partial charge in [-0.25, -0.2) is 4.98 Å². The summed E-state index contributed by atoms with van der Waals surface area (Å²) in [5, 5.41) is 4.31. The van der Waals surface area contributed by atoms with Crippen molar-refractivity contribution in [3.05, 3.63) is 54.9 Å². The summed E-state index contributed by atoms with van der Waals surface area (Å²) in [6, 6.07) is 12.1. The molecular weight excluding hydrogens is 338 g/mol. The molecule has 3 aromatic rings. The molecule has 0 spiro atoms. The highest BCUT2D eigenvalue weighted by atomic mass is 32.3. The van der Waals surface area contributed by atoms with Crippen LogP contribution in [0.5, 0.6) is 0 Å². The number of anilines is 1. The molecular formula is C17H19N5O2S. The van der Waals surface area contributed by atoms with E-state index in [4.69, 9.17) is 0 Å². The Morgan fingerprint density at radius 1 is 1.16 bits per heavy atom. The average molecular weight is 357 g/mol. The maximum Gasteiger partial charge on any atom is 0.175 e. The molecule has 2 aromatic heterocycles. The second-order valence-electron chi connectivity index (χ2n) is 6.12. The number of fused-ring (bicyclic) bond motifs is 1. The van der Waals surface area contributed by atoms with Gasteiger partial charge in [-0.1, -0.05) is 22.4 Å². The van der Waals surface area contributed by atoms with Crippen LogP contribution in [-0.2, 0) is 14.6 Å². The predicted molar refractivity (Wildman–Crippen MR) is 94.9 cm³/mol. The molecule has 2 atom stereocenters. The molecule has 1 aliphatic rings. The summed E-state index contributed by atoms with van der Waals surface area (Å²) in [7, 11) is -3.51. The molecule has 0 radical (unpaired) electrons. The van der Waals surface area contributed by atoms with E-state index in [2.05, 4.69) is 19.7 Å². The van der Waals surface area contributed by atoms with E-state index in [1.807, 2.05) is 12.1 Å². The molecule has 8 heteroatoms. The van der Waals surface area contributed by atoms with Crippen LogP contribution in [0.3, 0.4) is 0 Å². The van der Waals surface area contributed by atoms with Gasteiger partial charge in [-0.2, -0.15) is 9.61 Å². The first-order valence-electron chi connectivity index (χ1n) is 8.24. The fraction of sp³-hybridized carbons (Fsp3) is 0.294. The minimum absolute atomic E-state index is 0.141. The lowest BCUT2D eigenvalue weighted by atomic mass is 10.1. The van der Waals surface area contributed by atoms with Gasteiger partial charge in [-0.15, -0.1) is 4.72 Å². The van der Waals surface area contributed by atoms with Gasteiger partial charge in [-0.05, 0) is 31.0 Å². The third-order valence-electron chi connectivity index (χ3n) is 4.39. The highest BCUT2D eigenvalue weighted by molar-refractivity contribution is 7.95. The van der Waals surface area contributed by atoms with Crippen LogP contribution in [0.25, 0.3) is 5.65 Å². The lowest BCUT2D eigenvalue weighted by Crippen LogP contribution is -2.50. The van der Waals surface area contributed by atoms with Crippen molar-refractivity contribution in [2.75, 3.05) is 18.0 Å². The van der Waals surface area contributed by atoms with Gasteiger partial charge in [0.05, 0.1) is 12.2 Å². The molecule has 1 N–H and O–H groups in total. The van der Waals surface area contributed by atoms with Crippen LogP contribution >= 0.6 is 0 Å². The van der Waals surface area contributed by atoms with E-state index in [9.17, 15) is 8.76 Å². The molecule has 1 fully saturated rings. The third kappa shape index (κ3) is 3.28. The number of aromatic nitrogens is 3. The van der Waals surface area contributed by atoms with Crippen molar-refractivity contribution >= 4 is 21.9 Å². The van der Waals surface area contributed by atoms with Gasteiger partial charge in [0.1, 0.15) is 5.82 Å². The van der Waals surface area contributed by atoms with Gasteiger partial charge in [0, 0.05) is 25.4 Å². The maximum atomic E-state index is 12.6. The minimum atomic E-state index is -3.51. The second-order valence-corrected chi connectivity index (χ2v) is 7.84. The van der Waals surface area contributed by atoms with Crippen LogP contribution in [0.1, 0.15) is 12.8 Å². The van der Waals surface area contributed by atoms with Crippen molar-refractivity contribution in [1.29, 1.82) is 0 Å². The molecule has 1 saturated heterocycles. The Labute approximate surface area is 147 Å². The van der Waals surface area contributed by atoms with Gasteiger partial charge in [0.15, 0.2) is 20.9 Å². The molecule has 0 bridgehead atoms. The molecule has 2 unspecified atom stereocenters. The number of hydrogen-bond acceptors (Lipinski definition) is 5. The standard InChI is InChI=1S/C17H19N5O2S/c23-25(24,15-6-2-1-3-7-15)20-14-5-4-12-21(13-14)17-9-10-18-16-8-11-19-22(16)17/h1-3,6-11,14H,4-5,12-13H2,(H-,20,23,24). The molecule has 0 amide bonds. The first-order valence-corrected chi connectivity index (χ1v) is 9.73. The summed E-state index contributed by atoms with van der Waals surface area (Å²) < 4.78 is 29.7. The Morgan fingerprint density at radius 3 is 2.84 bits per heavy atom. The number of nitrogens with one attached hydrogen (secondary N) is 1. The fourth-order valence-corrected chi connectivity index (χ4v) is 4.51. The van der Waals surface area contributed by atoms with Gasteiger partial charge in [0.25, 0.3) is 0 Å². The quantitative estimate of drug-likeness (QED) is 0.721. The second kappa shape index (κ2) is 6.55. The normalized spacial score (nSPS) is 20.5. The van der Waals surface area contributed by atoms with E-state index in [0.717, 1.165) is 30.9 Å². The number of sulfonamides is 1. The number of piperidine rings is 1. The van der Waals surface area contributed by atoms with Gasteiger partial charge in [-0.3, -0.25) is 0 Å². The van der Waals surface area contributed by atoms with Gasteiger partial charge in [0.2, 0.25) is 0 Å². The lowest BCUT2D eigenvalue weighted by Gasteiger charge is -2.34. The van der Waals surface area contributed by atoms with Crippen molar-refractivity contribution in [1.82, 2.24) is 19.3 Å². The van der Waals surface area contributed by atoms with Crippen LogP contribution < -0.4 is 9.62 Å². The molecule has 7 nitrogen and oxygen atoms in total. The summed E-state index contributed by atoms with van der Waals surface area (Å²) in [4.78, 5) is 6.73. The Kier molecular flexibility index (Phi) is 4.24. The highest BCUT2D eigenvalue weighted by Gasteiger charge is 2.29. The lowest BCUT2D eigenvalue weighted by molar-refractivity contribution is 0.421. The summed E-state index contributed by atoms with van der Waals surface area (Å²) in [5.74, 6) is 0.929. The SMILES string of the molecule is O=[S+]([O-])(NC1CCCN(c2ccnc3ccnn23)C1)c1ccccc1. The number of benzene rings is 1. The Hall–Kier alpha value is -2.29. The Balaban J connectivity index is 1.54. The third-order valence-corrected chi connectivity index (χ3v) is 5.93. The predicted octanol–water partition coefficient (Wildman–Crippen LogP) is 1.89. The highest BCUT2D eigenvalue weighted by Crippen LogP contribution is 2.22. The largest absolute Gasteiger partial charge is 0.593 e. The fourth-order valence-electron chi connectivity index (χ4n) is 3.23. The molecule has 4 rings (SSSR count). The van der Waals surface area contributed by atoms with E-state index < -0.39 is 10.4 Å². The zero-order chi connectivity index (χ0) is 17.3. The number of hydrogen-bond donors (Lipinski definition) is 1. The van der Waals surface area contributed by atoms with Gasteiger partial charge >= 0.3 is 0 Å². The average Bonchev–Trinajstić information content (AvgIpc) is 3.11. The number of nitrogens with zero attached hydrogens (tertiary/aromatic N) is 4. The van der Waals surface area contributed by atoms with E-state index >= 15 is 0 Å². The molecule has 1 aromatic carbocycles. The van der Waals surface area contributed by atoms with Crippen LogP contribution in [0.4, 0.5) is 5.82 Å². The summed E-state index contributed by atoms with van der Waals surface area (Å²) >= 11 is 0. The molecule has 25 heavy (non-hydrogen) atoms. The first-order chi connectivity index (χ1) is 12.1. The molecule has 0 saturated carbocycles. The number of rotatable bonds is 4. The Morgan fingerprint density at radius 2 is 2.00 bits per heavy atom. The van der Waals surface area contributed by atoms with Crippen LogP contribution in [0.2, 0.25) is 0 Å². The molecule has 130 valence electrons. The van der Waals surface area contributed by atoms with E-state index in [1.165, 1.54) is 0 Å². The topological polar surface area (TPSA) is 85.6 Å². The maximum absolute atomic E-state index is 12.6. The summed E-state index contributed by atoms with van der Waals surface area (Å²) in [6.45, 7) is 1.47. The monoisotopic (exact) mass is 357 g/mol. The van der Waals surface area contributed by atoms with Crippen LogP contribution in [-0.4, -0.2) is 38.3 Å². The van der Waals surface area contributed by atoms with Gasteiger partial charge < -0.3 is 9.45 Å². The Bertz CT molecular complexity index is 914. The smallest absolute Gasteiger partial charge is 0.175 e. The van der Waals surface area contributed by atoms with Crippen molar-refractivity contribution < 1.29 is 8.76 Å². The van der Waals surface area contributed by atoms with Crippen molar-refractivity contribution in [2.45, 2.75) is 23.8 Å². The van der Waals surface area contributed by atoms with Crippen LogP contribution in [0, 0.1) is 0 Å². The van der Waals surface area contributed by atoms with E-state index in [1.54, 1.807) is 47.2 Å².